The zero-order chi connectivity index (χ0) is 22.9. The van der Waals surface area contributed by atoms with Crippen molar-refractivity contribution in [3.05, 3.63) is 115 Å². The highest BCUT2D eigenvalue weighted by atomic mass is 16.5. The fourth-order valence-corrected chi connectivity index (χ4v) is 3.46. The summed E-state index contributed by atoms with van der Waals surface area (Å²) >= 11 is 0. The lowest BCUT2D eigenvalue weighted by atomic mass is 10.0. The number of aromatic nitrogens is 1. The van der Waals surface area contributed by atoms with E-state index < -0.39 is 6.10 Å². The topological polar surface area (TPSA) is 71.5 Å². The zero-order valence-corrected chi connectivity index (χ0v) is 18.2. The third kappa shape index (κ3) is 6.51. The lowest BCUT2D eigenvalue weighted by molar-refractivity contribution is 0.100. The van der Waals surface area contributed by atoms with Crippen molar-refractivity contribution in [1.29, 1.82) is 0 Å². The molecule has 0 saturated carbocycles. The minimum Gasteiger partial charge on any atom is -0.491 e. The van der Waals surface area contributed by atoms with Gasteiger partial charge in [-0.1, -0.05) is 48.5 Å². The monoisotopic (exact) mass is 438 g/mol. The number of ether oxygens (including phenoxy) is 1. The van der Waals surface area contributed by atoms with Gasteiger partial charge in [-0.3, -0.25) is 9.78 Å². The number of pyridine rings is 1. The number of hydrogen-bond acceptors (Lipinski definition) is 4. The number of aliphatic hydroxyl groups excluding tert-OH is 1. The number of para-hydroxylation sites is 1. The molecule has 2 N–H and O–H groups in total. The smallest absolute Gasteiger partial charge is 0.255 e. The Morgan fingerprint density at radius 3 is 2.48 bits per heavy atom. The molecule has 166 valence electrons. The molecule has 1 heterocycles. The highest BCUT2D eigenvalue weighted by Gasteiger charge is 2.09. The van der Waals surface area contributed by atoms with Gasteiger partial charge in [0.1, 0.15) is 12.4 Å². The summed E-state index contributed by atoms with van der Waals surface area (Å²) in [7, 11) is 0. The van der Waals surface area contributed by atoms with E-state index in [-0.39, 0.29) is 12.5 Å². The van der Waals surface area contributed by atoms with Crippen LogP contribution >= 0.6 is 0 Å². The third-order valence-electron chi connectivity index (χ3n) is 5.28. The predicted octanol–water partition coefficient (Wildman–Crippen LogP) is 5.37. The quantitative estimate of drug-likeness (QED) is 0.368. The Bertz CT molecular complexity index is 1160. The summed E-state index contributed by atoms with van der Waals surface area (Å²) in [6, 6.07) is 28.4. The van der Waals surface area contributed by atoms with Crippen LogP contribution in [0.2, 0.25) is 0 Å². The average molecular weight is 439 g/mol. The summed E-state index contributed by atoms with van der Waals surface area (Å²) < 4.78 is 5.75. The Kier molecular flexibility index (Phi) is 7.46. The maximum atomic E-state index is 12.6. The molecule has 0 fully saturated rings. The lowest BCUT2D eigenvalue weighted by Crippen LogP contribution is -2.18. The molecule has 4 rings (SSSR count). The van der Waals surface area contributed by atoms with Crippen LogP contribution in [0.15, 0.2) is 103 Å². The van der Waals surface area contributed by atoms with Gasteiger partial charge in [-0.25, -0.2) is 0 Å². The van der Waals surface area contributed by atoms with Gasteiger partial charge in [-0.05, 0) is 72.0 Å². The maximum Gasteiger partial charge on any atom is 0.255 e. The summed E-state index contributed by atoms with van der Waals surface area (Å²) in [6.07, 6.45) is 4.37. The molecule has 5 nitrogen and oxygen atoms in total. The number of benzene rings is 3. The molecule has 0 bridgehead atoms. The predicted molar refractivity (Wildman–Crippen MR) is 130 cm³/mol. The molecule has 1 unspecified atom stereocenters. The van der Waals surface area contributed by atoms with Gasteiger partial charge in [0.05, 0.1) is 6.10 Å². The van der Waals surface area contributed by atoms with Gasteiger partial charge in [-0.2, -0.15) is 0 Å². The first-order chi connectivity index (χ1) is 16.2. The van der Waals surface area contributed by atoms with E-state index in [4.69, 9.17) is 4.74 Å². The Labute approximate surface area is 193 Å². The molecule has 0 aliphatic carbocycles. The molecular formula is C28H26N2O3. The van der Waals surface area contributed by atoms with Crippen molar-refractivity contribution < 1.29 is 14.6 Å². The van der Waals surface area contributed by atoms with Crippen LogP contribution in [0, 0.1) is 0 Å². The largest absolute Gasteiger partial charge is 0.491 e. The minimum atomic E-state index is -0.551. The van der Waals surface area contributed by atoms with E-state index in [1.54, 1.807) is 12.3 Å². The number of carbonyl (C=O) groups is 1. The fourth-order valence-electron chi connectivity index (χ4n) is 3.46. The summed E-state index contributed by atoms with van der Waals surface area (Å²) in [6.45, 7) is 0.231. The van der Waals surface area contributed by atoms with Crippen molar-refractivity contribution in [3.63, 3.8) is 0 Å². The van der Waals surface area contributed by atoms with Crippen LogP contribution in [0.5, 0.6) is 5.75 Å². The van der Waals surface area contributed by atoms with E-state index in [1.165, 1.54) is 0 Å². The average Bonchev–Trinajstić information content (AvgIpc) is 2.88. The molecular weight excluding hydrogens is 412 g/mol. The van der Waals surface area contributed by atoms with Crippen molar-refractivity contribution >= 4 is 11.6 Å². The molecule has 1 atom stereocenters. The van der Waals surface area contributed by atoms with Gasteiger partial charge in [-0.15, -0.1) is 0 Å². The van der Waals surface area contributed by atoms with Crippen LogP contribution in [-0.2, 0) is 6.42 Å². The number of rotatable bonds is 9. The number of carbonyl (C=O) groups excluding carboxylic acids is 1. The van der Waals surface area contributed by atoms with Crippen molar-refractivity contribution in [1.82, 2.24) is 4.98 Å². The van der Waals surface area contributed by atoms with Crippen molar-refractivity contribution in [3.8, 4) is 16.9 Å². The molecule has 3 aromatic carbocycles. The van der Waals surface area contributed by atoms with Crippen molar-refractivity contribution in [2.45, 2.75) is 18.9 Å². The van der Waals surface area contributed by atoms with Crippen LogP contribution in [0.25, 0.3) is 11.1 Å². The minimum absolute atomic E-state index is 0.150. The van der Waals surface area contributed by atoms with E-state index in [0.717, 1.165) is 28.8 Å². The SMILES string of the molecule is O=C(Nc1ccccc1)c1cccc(-c2ccc(OCC(O)CCc3cccnc3)cc2)c1. The van der Waals surface area contributed by atoms with Crippen LogP contribution in [0.1, 0.15) is 22.3 Å². The number of amides is 1. The van der Waals surface area contributed by atoms with Crippen molar-refractivity contribution in [2.75, 3.05) is 11.9 Å². The molecule has 0 radical (unpaired) electrons. The van der Waals surface area contributed by atoms with Gasteiger partial charge in [0.2, 0.25) is 0 Å². The van der Waals surface area contributed by atoms with Crippen LogP contribution < -0.4 is 10.1 Å². The van der Waals surface area contributed by atoms with Crippen LogP contribution in [-0.4, -0.2) is 28.7 Å². The van der Waals surface area contributed by atoms with Crippen LogP contribution in [0.3, 0.4) is 0 Å². The number of aliphatic hydroxyl groups is 1. The first-order valence-corrected chi connectivity index (χ1v) is 10.9. The second-order valence-electron chi connectivity index (χ2n) is 7.79. The third-order valence-corrected chi connectivity index (χ3v) is 5.28. The Morgan fingerprint density at radius 2 is 1.73 bits per heavy atom. The fraction of sp³-hybridized carbons (Fsp3) is 0.143. The molecule has 5 heteroatoms. The highest BCUT2D eigenvalue weighted by Crippen LogP contribution is 2.24. The van der Waals surface area contributed by atoms with E-state index >= 15 is 0 Å². The number of nitrogens with zero attached hydrogens (tertiary/aromatic N) is 1. The Morgan fingerprint density at radius 1 is 0.909 bits per heavy atom. The van der Waals surface area contributed by atoms with E-state index in [1.807, 2.05) is 91.1 Å². The summed E-state index contributed by atoms with van der Waals surface area (Å²) in [5.74, 6) is 0.542. The molecule has 0 aliphatic heterocycles. The highest BCUT2D eigenvalue weighted by molar-refractivity contribution is 6.04. The molecule has 4 aromatic rings. The summed E-state index contributed by atoms with van der Waals surface area (Å²) in [4.78, 5) is 16.7. The van der Waals surface area contributed by atoms with Gasteiger partial charge in [0.25, 0.3) is 5.91 Å². The normalized spacial score (nSPS) is 11.5. The maximum absolute atomic E-state index is 12.6. The number of aryl methyl sites for hydroxylation is 1. The molecule has 0 aliphatic rings. The van der Waals surface area contributed by atoms with Gasteiger partial charge in [0.15, 0.2) is 0 Å². The molecule has 1 aromatic heterocycles. The first-order valence-electron chi connectivity index (χ1n) is 10.9. The second kappa shape index (κ2) is 11.1. The molecule has 0 spiro atoms. The van der Waals surface area contributed by atoms with E-state index in [2.05, 4.69) is 10.3 Å². The second-order valence-corrected chi connectivity index (χ2v) is 7.79. The number of nitrogens with one attached hydrogen (secondary N) is 1. The van der Waals surface area contributed by atoms with E-state index in [0.29, 0.717) is 17.7 Å². The van der Waals surface area contributed by atoms with Gasteiger partial charge in [0, 0.05) is 23.6 Å². The summed E-state index contributed by atoms with van der Waals surface area (Å²) in [5, 5.41) is 13.1. The Hall–Kier alpha value is -3.96. The lowest BCUT2D eigenvalue weighted by Gasteiger charge is -2.13. The first kappa shape index (κ1) is 22.2. The molecule has 33 heavy (non-hydrogen) atoms. The van der Waals surface area contributed by atoms with Crippen molar-refractivity contribution in [2.24, 2.45) is 0 Å². The van der Waals surface area contributed by atoms with Gasteiger partial charge >= 0.3 is 0 Å². The summed E-state index contributed by atoms with van der Waals surface area (Å²) in [5.41, 5.74) is 4.37. The molecule has 1 amide bonds. The standard InChI is InChI=1S/C28H26N2O3/c31-26(14-11-21-6-5-17-29-19-21)20-33-27-15-12-22(13-16-27)23-7-4-8-24(18-23)28(32)30-25-9-2-1-3-10-25/h1-10,12-13,15-19,26,31H,11,14,20H2,(H,30,32). The Balaban J connectivity index is 1.32. The van der Waals surface area contributed by atoms with Gasteiger partial charge < -0.3 is 15.2 Å². The molecule has 0 saturated heterocycles. The zero-order valence-electron chi connectivity index (χ0n) is 18.2. The number of anilines is 1. The van der Waals surface area contributed by atoms with E-state index in [9.17, 15) is 9.90 Å². The number of hydrogen-bond donors (Lipinski definition) is 2. The van der Waals surface area contributed by atoms with Crippen LogP contribution in [0.4, 0.5) is 5.69 Å².